The average molecular weight is 1210 g/mol. The molecular weight excluding hydrogens is 1160 g/mol. The van der Waals surface area contributed by atoms with Crippen LogP contribution in [-0.2, 0) is 0 Å². The maximum atomic E-state index is 6.47. The van der Waals surface area contributed by atoms with Crippen LogP contribution in [-0.4, -0.2) is 29.9 Å². The number of furan rings is 4. The summed E-state index contributed by atoms with van der Waals surface area (Å²) in [5, 5.41) is 8.41. The van der Waals surface area contributed by atoms with Crippen LogP contribution in [0.4, 0.5) is 0 Å². The van der Waals surface area contributed by atoms with Crippen LogP contribution in [0.15, 0.2) is 321 Å². The molecule has 6 heterocycles. The zero-order valence-corrected chi connectivity index (χ0v) is 50.2. The van der Waals surface area contributed by atoms with Gasteiger partial charge in [-0.3, -0.25) is 0 Å². The van der Waals surface area contributed by atoms with Gasteiger partial charge in [0.05, 0.1) is 0 Å². The summed E-state index contributed by atoms with van der Waals surface area (Å²) in [6.07, 6.45) is 0. The van der Waals surface area contributed by atoms with Crippen molar-refractivity contribution in [3.8, 4) is 102 Å². The minimum Gasteiger partial charge on any atom is -0.456 e. The third kappa shape index (κ3) is 9.69. The quantitative estimate of drug-likeness (QED) is 0.138. The van der Waals surface area contributed by atoms with Gasteiger partial charge in [0.2, 0.25) is 0 Å². The van der Waals surface area contributed by atoms with Gasteiger partial charge in [0.1, 0.15) is 44.7 Å². The first kappa shape index (κ1) is 54.1. The van der Waals surface area contributed by atoms with Gasteiger partial charge >= 0.3 is 0 Å². The third-order valence-corrected chi connectivity index (χ3v) is 17.5. The Bertz CT molecular complexity index is 5960. The SMILES string of the molecule is c1ccc(-c2ccc(-c3nc(-c4ccc(-c5ccccc5)cc4)nc(-c4ccc5c(c4)oc4ccc6oc7ccccc7c6c45)n3)cc2)cc1.c1ccc(-c2ccc(-c3nc(-c4ccccc4)nc(-c4ccc5c(c4)oc4ccc6oc7ccccc7c6c45)n3)cc2)cc1. The van der Waals surface area contributed by atoms with E-state index in [1.807, 2.05) is 133 Å². The highest BCUT2D eigenvalue weighted by Crippen LogP contribution is 2.43. The standard InChI is InChI=1S/C45H27N3O2.C39H23N3O2/c1-3-9-28(10-4-1)30-15-19-32(20-16-30)43-46-44(33-21-17-31(18-22-33)29-11-5-2-6-12-29)48-45(47-43)34-23-24-36-40(27-34)50-39-26-25-38-41(42(36)39)35-13-7-8-14-37(35)49-38;1-3-9-24(10-4-1)25-15-17-27(18-16-25)38-40-37(26-11-5-2-6-12-26)41-39(42-38)28-19-20-30-34(23-28)44-33-22-21-32-35(36(30)33)29-13-7-8-14-31(29)43-32/h1-27H;1-23H. The molecule has 19 aromatic rings. The summed E-state index contributed by atoms with van der Waals surface area (Å²) in [7, 11) is 0. The maximum absolute atomic E-state index is 6.47. The van der Waals surface area contributed by atoms with Gasteiger partial charge in [-0.05, 0) is 94.0 Å². The number of para-hydroxylation sites is 2. The molecule has 440 valence electrons. The summed E-state index contributed by atoms with van der Waals surface area (Å²) in [4.78, 5) is 29.9. The molecule has 0 saturated carbocycles. The van der Waals surface area contributed by atoms with Crippen molar-refractivity contribution >= 4 is 87.8 Å². The first-order chi connectivity index (χ1) is 46.5. The Balaban J connectivity index is 0.000000139. The largest absolute Gasteiger partial charge is 0.456 e. The second-order valence-electron chi connectivity index (χ2n) is 23.3. The lowest BCUT2D eigenvalue weighted by molar-refractivity contribution is 0.663. The third-order valence-electron chi connectivity index (χ3n) is 17.5. The average Bonchev–Trinajstić information content (AvgIpc) is 1.59. The van der Waals surface area contributed by atoms with Crippen LogP contribution >= 0.6 is 0 Å². The molecule has 0 aliphatic carbocycles. The fourth-order valence-corrected chi connectivity index (χ4v) is 12.9. The van der Waals surface area contributed by atoms with Crippen LogP contribution < -0.4 is 0 Å². The van der Waals surface area contributed by atoms with Crippen molar-refractivity contribution in [2.45, 2.75) is 0 Å². The molecule has 19 rings (SSSR count). The number of hydrogen-bond acceptors (Lipinski definition) is 10. The van der Waals surface area contributed by atoms with E-state index in [4.69, 9.17) is 47.6 Å². The van der Waals surface area contributed by atoms with Crippen molar-refractivity contribution in [1.29, 1.82) is 0 Å². The fraction of sp³-hybridized carbons (Fsp3) is 0. The summed E-state index contributed by atoms with van der Waals surface area (Å²) >= 11 is 0. The predicted molar refractivity (Wildman–Crippen MR) is 378 cm³/mol. The summed E-state index contributed by atoms with van der Waals surface area (Å²) in [6.45, 7) is 0. The van der Waals surface area contributed by atoms with Crippen molar-refractivity contribution in [2.24, 2.45) is 0 Å². The maximum Gasteiger partial charge on any atom is 0.164 e. The summed E-state index contributed by atoms with van der Waals surface area (Å²) in [5.41, 5.74) is 18.8. The van der Waals surface area contributed by atoms with E-state index in [1.165, 1.54) is 5.56 Å². The molecule has 0 radical (unpaired) electrons. The zero-order chi connectivity index (χ0) is 62.1. The van der Waals surface area contributed by atoms with Gasteiger partial charge in [0.25, 0.3) is 0 Å². The van der Waals surface area contributed by atoms with Crippen LogP contribution in [0.3, 0.4) is 0 Å². The Morgan fingerprint density at radius 1 is 0.149 bits per heavy atom. The normalized spacial score (nSPS) is 11.6. The van der Waals surface area contributed by atoms with Gasteiger partial charge in [-0.15, -0.1) is 0 Å². The van der Waals surface area contributed by atoms with E-state index >= 15 is 0 Å². The minimum absolute atomic E-state index is 0.575. The van der Waals surface area contributed by atoms with Gasteiger partial charge in [0, 0.05) is 76.5 Å². The minimum atomic E-state index is 0.575. The Labute approximate surface area is 537 Å². The smallest absolute Gasteiger partial charge is 0.164 e. The van der Waals surface area contributed by atoms with Gasteiger partial charge in [0.15, 0.2) is 34.9 Å². The Morgan fingerprint density at radius 2 is 0.362 bits per heavy atom. The Hall–Kier alpha value is -12.9. The number of fused-ring (bicyclic) bond motifs is 14. The summed E-state index contributed by atoms with van der Waals surface area (Å²) < 4.78 is 25.2. The molecule has 10 heteroatoms. The highest BCUT2D eigenvalue weighted by atomic mass is 16.3. The number of rotatable bonds is 9. The molecular formula is C84H50N6O4. The van der Waals surface area contributed by atoms with Crippen molar-refractivity contribution in [1.82, 2.24) is 29.9 Å². The molecule has 0 fully saturated rings. The molecule has 0 N–H and O–H groups in total. The summed E-state index contributed by atoms with van der Waals surface area (Å²) in [6, 6.07) is 103. The second-order valence-corrected chi connectivity index (χ2v) is 23.3. The van der Waals surface area contributed by atoms with E-state index in [-0.39, 0.29) is 0 Å². The highest BCUT2D eigenvalue weighted by molar-refractivity contribution is 6.27. The molecule has 0 aliphatic heterocycles. The predicted octanol–water partition coefficient (Wildman–Crippen LogP) is 22.3. The van der Waals surface area contributed by atoms with Crippen LogP contribution in [0, 0.1) is 0 Å². The van der Waals surface area contributed by atoms with Crippen LogP contribution in [0.25, 0.3) is 189 Å². The molecule has 94 heavy (non-hydrogen) atoms. The van der Waals surface area contributed by atoms with Gasteiger partial charge in [-0.25, -0.2) is 29.9 Å². The number of aromatic nitrogens is 6. The van der Waals surface area contributed by atoms with Crippen LogP contribution in [0.1, 0.15) is 0 Å². The van der Waals surface area contributed by atoms with E-state index < -0.39 is 0 Å². The topological polar surface area (TPSA) is 130 Å². The molecule has 6 aromatic heterocycles. The highest BCUT2D eigenvalue weighted by Gasteiger charge is 2.22. The first-order valence-corrected chi connectivity index (χ1v) is 31.1. The molecule has 0 amide bonds. The number of hydrogen-bond donors (Lipinski definition) is 0. The molecule has 0 unspecified atom stereocenters. The zero-order valence-electron chi connectivity index (χ0n) is 50.2. The molecule has 0 atom stereocenters. The van der Waals surface area contributed by atoms with E-state index in [0.717, 1.165) is 149 Å². The Morgan fingerprint density at radius 3 is 0.681 bits per heavy atom. The van der Waals surface area contributed by atoms with Crippen molar-refractivity contribution in [3.05, 3.63) is 303 Å². The number of nitrogens with zero attached hydrogens (tertiary/aromatic N) is 6. The first-order valence-electron chi connectivity index (χ1n) is 31.1. The lowest BCUT2D eigenvalue weighted by atomic mass is 10.0. The van der Waals surface area contributed by atoms with Gasteiger partial charge in [-0.1, -0.05) is 243 Å². The lowest BCUT2D eigenvalue weighted by Crippen LogP contribution is -2.00. The van der Waals surface area contributed by atoms with Gasteiger partial charge < -0.3 is 17.7 Å². The molecule has 0 saturated heterocycles. The van der Waals surface area contributed by atoms with Crippen LogP contribution in [0.5, 0.6) is 0 Å². The van der Waals surface area contributed by atoms with Crippen molar-refractivity contribution in [2.75, 3.05) is 0 Å². The number of benzene rings is 13. The molecule has 10 nitrogen and oxygen atoms in total. The van der Waals surface area contributed by atoms with Crippen LogP contribution in [0.2, 0.25) is 0 Å². The molecule has 0 spiro atoms. The van der Waals surface area contributed by atoms with Crippen molar-refractivity contribution < 1.29 is 17.7 Å². The fourth-order valence-electron chi connectivity index (χ4n) is 12.9. The summed E-state index contributed by atoms with van der Waals surface area (Å²) in [5.74, 6) is 3.60. The Kier molecular flexibility index (Phi) is 13.0. The second kappa shape index (κ2) is 22.5. The van der Waals surface area contributed by atoms with E-state index in [2.05, 4.69) is 170 Å². The van der Waals surface area contributed by atoms with Gasteiger partial charge in [-0.2, -0.15) is 0 Å². The molecule has 0 aliphatic rings. The monoisotopic (exact) mass is 1210 g/mol. The van der Waals surface area contributed by atoms with E-state index in [9.17, 15) is 0 Å². The van der Waals surface area contributed by atoms with E-state index in [1.54, 1.807) is 0 Å². The molecule has 0 bridgehead atoms. The van der Waals surface area contributed by atoms with E-state index in [0.29, 0.717) is 34.9 Å². The van der Waals surface area contributed by atoms with Crippen molar-refractivity contribution in [3.63, 3.8) is 0 Å². The molecule has 13 aromatic carbocycles. The lowest BCUT2D eigenvalue weighted by Gasteiger charge is -2.10.